The molecule has 0 aliphatic heterocycles. The van der Waals surface area contributed by atoms with Gasteiger partial charge in [-0.1, -0.05) is 166 Å². The molecule has 3 nitrogen and oxygen atoms in total. The van der Waals surface area contributed by atoms with E-state index in [-0.39, 0.29) is 5.41 Å². The molecule has 0 N–H and O–H groups in total. The molecule has 0 unspecified atom stereocenters. The van der Waals surface area contributed by atoms with Crippen LogP contribution in [-0.2, 0) is 10.8 Å². The van der Waals surface area contributed by atoms with Gasteiger partial charge < -0.3 is 0 Å². The molecule has 3 heteroatoms. The monoisotopic (exact) mass is 725 g/mol. The van der Waals surface area contributed by atoms with Crippen LogP contribution in [0, 0.1) is 0 Å². The molecule has 2 heterocycles. The molecule has 57 heavy (non-hydrogen) atoms. The van der Waals surface area contributed by atoms with Gasteiger partial charge >= 0.3 is 0 Å². The van der Waals surface area contributed by atoms with Crippen LogP contribution >= 0.6 is 0 Å². The lowest BCUT2D eigenvalue weighted by atomic mass is 9.70. The van der Waals surface area contributed by atoms with Crippen LogP contribution in [-0.4, -0.2) is 14.5 Å². The van der Waals surface area contributed by atoms with Crippen LogP contribution in [0.2, 0.25) is 0 Å². The Morgan fingerprint density at radius 1 is 0.421 bits per heavy atom. The van der Waals surface area contributed by atoms with E-state index in [1.165, 1.54) is 77.2 Å². The highest BCUT2D eigenvalue weighted by molar-refractivity contribution is 6.13. The van der Waals surface area contributed by atoms with E-state index in [0.29, 0.717) is 0 Å². The SMILES string of the molecule is CC1(C)c2ccccc2-c2nc(-c3ccc4c(c3)-c3ccccc3C43c4ccccc4-c4ccccc43)nc(-n3c4ccccc4c4cc5ccccc5cc43)c21. The molecule has 266 valence electrons. The van der Waals surface area contributed by atoms with Crippen molar-refractivity contribution >= 4 is 32.6 Å². The first-order valence-electron chi connectivity index (χ1n) is 19.9. The molecule has 10 aromatic rings. The molecule has 13 rings (SSSR count). The Balaban J connectivity index is 1.11. The van der Waals surface area contributed by atoms with Gasteiger partial charge in [0.05, 0.1) is 22.1 Å². The summed E-state index contributed by atoms with van der Waals surface area (Å²) in [4.78, 5) is 11.3. The molecule has 0 amide bonds. The van der Waals surface area contributed by atoms with Crippen molar-refractivity contribution in [3.8, 4) is 50.7 Å². The number of benzene rings is 8. The topological polar surface area (TPSA) is 30.7 Å². The molecule has 0 saturated carbocycles. The number of hydrogen-bond donors (Lipinski definition) is 0. The van der Waals surface area contributed by atoms with Gasteiger partial charge in [-0.3, -0.25) is 4.57 Å². The second-order valence-corrected chi connectivity index (χ2v) is 16.5. The Morgan fingerprint density at radius 3 is 1.67 bits per heavy atom. The molecule has 0 atom stereocenters. The lowest BCUT2D eigenvalue weighted by Crippen LogP contribution is -2.25. The molecule has 0 bridgehead atoms. The quantitative estimate of drug-likeness (QED) is 0.178. The summed E-state index contributed by atoms with van der Waals surface area (Å²) in [5, 5.41) is 4.89. The van der Waals surface area contributed by atoms with Gasteiger partial charge in [-0.15, -0.1) is 0 Å². The first-order valence-corrected chi connectivity index (χ1v) is 19.9. The zero-order chi connectivity index (χ0) is 37.6. The van der Waals surface area contributed by atoms with E-state index >= 15 is 0 Å². The highest BCUT2D eigenvalue weighted by atomic mass is 15.1. The fraction of sp³-hybridized carbons (Fsp3) is 0.0741. The van der Waals surface area contributed by atoms with Crippen LogP contribution in [0.25, 0.3) is 83.3 Å². The molecule has 0 fully saturated rings. The molecule has 0 radical (unpaired) electrons. The number of aromatic nitrogens is 3. The van der Waals surface area contributed by atoms with Crippen LogP contribution in [0.1, 0.15) is 47.2 Å². The average Bonchev–Trinajstić information content (AvgIpc) is 3.92. The highest BCUT2D eigenvalue weighted by Crippen LogP contribution is 2.63. The molecule has 8 aromatic carbocycles. The summed E-state index contributed by atoms with van der Waals surface area (Å²) >= 11 is 0. The van der Waals surface area contributed by atoms with Gasteiger partial charge in [-0.05, 0) is 85.1 Å². The minimum Gasteiger partial charge on any atom is -0.293 e. The standard InChI is InChI=1S/C54H35N3/c1-53(2)42-22-10-8-21-39(42)50-49(53)52(57-47-26-14-9-20-38(47)41-29-32-15-3-4-16-33(32)31-48(41)57)56-51(55-50)34-27-28-46-40(30-34)37-19-7-13-25-45(37)54(46)43-23-11-5-17-35(43)36-18-6-12-24-44(36)54/h3-31H,1-2H3. The first kappa shape index (κ1) is 31.1. The van der Waals surface area contributed by atoms with Gasteiger partial charge in [0.15, 0.2) is 5.82 Å². The third-order valence-electron chi connectivity index (χ3n) is 13.4. The Labute approximate surface area is 330 Å². The smallest absolute Gasteiger partial charge is 0.162 e. The number of rotatable bonds is 2. The van der Waals surface area contributed by atoms with Gasteiger partial charge in [0, 0.05) is 32.9 Å². The van der Waals surface area contributed by atoms with Gasteiger partial charge in [0.25, 0.3) is 0 Å². The summed E-state index contributed by atoms with van der Waals surface area (Å²) in [5.41, 5.74) is 17.7. The normalized spacial score (nSPS) is 14.8. The Morgan fingerprint density at radius 2 is 0.965 bits per heavy atom. The van der Waals surface area contributed by atoms with Crippen LogP contribution in [0.15, 0.2) is 176 Å². The molecular formula is C54H35N3. The van der Waals surface area contributed by atoms with E-state index in [9.17, 15) is 0 Å². The Bertz CT molecular complexity index is 3350. The summed E-state index contributed by atoms with van der Waals surface area (Å²) in [6, 6.07) is 64.9. The lowest BCUT2D eigenvalue weighted by Gasteiger charge is -2.30. The number of nitrogens with zero attached hydrogens (tertiary/aromatic N) is 3. The Kier molecular flexibility index (Phi) is 5.90. The van der Waals surface area contributed by atoms with Gasteiger partial charge in [-0.25, -0.2) is 9.97 Å². The van der Waals surface area contributed by atoms with Crippen molar-refractivity contribution in [2.75, 3.05) is 0 Å². The number of para-hydroxylation sites is 1. The van der Waals surface area contributed by atoms with E-state index in [1.54, 1.807) is 0 Å². The maximum atomic E-state index is 5.71. The van der Waals surface area contributed by atoms with Crippen molar-refractivity contribution in [3.63, 3.8) is 0 Å². The van der Waals surface area contributed by atoms with Crippen molar-refractivity contribution in [2.45, 2.75) is 24.7 Å². The van der Waals surface area contributed by atoms with Crippen LogP contribution in [0.5, 0.6) is 0 Å². The fourth-order valence-corrected chi connectivity index (χ4v) is 11.0. The largest absolute Gasteiger partial charge is 0.293 e. The molecule has 3 aliphatic rings. The van der Waals surface area contributed by atoms with Crippen molar-refractivity contribution < 1.29 is 0 Å². The van der Waals surface area contributed by atoms with Gasteiger partial charge in [-0.2, -0.15) is 0 Å². The predicted octanol–water partition coefficient (Wildman–Crippen LogP) is 13.0. The molecular weight excluding hydrogens is 691 g/mol. The van der Waals surface area contributed by atoms with Crippen molar-refractivity contribution in [1.82, 2.24) is 14.5 Å². The van der Waals surface area contributed by atoms with Crippen molar-refractivity contribution in [3.05, 3.63) is 209 Å². The summed E-state index contributed by atoms with van der Waals surface area (Å²) in [6.07, 6.45) is 0. The summed E-state index contributed by atoms with van der Waals surface area (Å²) in [6.45, 7) is 4.66. The van der Waals surface area contributed by atoms with E-state index < -0.39 is 5.41 Å². The molecule has 3 aliphatic carbocycles. The van der Waals surface area contributed by atoms with Gasteiger partial charge in [0.2, 0.25) is 0 Å². The second kappa shape index (κ2) is 10.8. The summed E-state index contributed by atoms with van der Waals surface area (Å²) < 4.78 is 2.42. The van der Waals surface area contributed by atoms with Crippen molar-refractivity contribution in [1.29, 1.82) is 0 Å². The van der Waals surface area contributed by atoms with E-state index in [2.05, 4.69) is 194 Å². The molecule has 2 aromatic heterocycles. The average molecular weight is 726 g/mol. The fourth-order valence-electron chi connectivity index (χ4n) is 11.0. The number of hydrogen-bond acceptors (Lipinski definition) is 2. The van der Waals surface area contributed by atoms with Crippen LogP contribution < -0.4 is 0 Å². The van der Waals surface area contributed by atoms with Crippen molar-refractivity contribution in [2.24, 2.45) is 0 Å². The zero-order valence-corrected chi connectivity index (χ0v) is 31.6. The summed E-state index contributed by atoms with van der Waals surface area (Å²) in [7, 11) is 0. The second-order valence-electron chi connectivity index (χ2n) is 16.5. The molecule has 1 spiro atoms. The predicted molar refractivity (Wildman–Crippen MR) is 233 cm³/mol. The van der Waals surface area contributed by atoms with E-state index in [4.69, 9.17) is 9.97 Å². The highest BCUT2D eigenvalue weighted by Gasteiger charge is 2.51. The number of fused-ring (bicyclic) bond motifs is 17. The van der Waals surface area contributed by atoms with Crippen LogP contribution in [0.4, 0.5) is 0 Å². The third-order valence-corrected chi connectivity index (χ3v) is 13.4. The summed E-state index contributed by atoms with van der Waals surface area (Å²) in [5.74, 6) is 1.67. The Hall–Kier alpha value is -7.10. The van der Waals surface area contributed by atoms with Gasteiger partial charge in [0.1, 0.15) is 5.82 Å². The zero-order valence-electron chi connectivity index (χ0n) is 31.6. The van der Waals surface area contributed by atoms with Crippen LogP contribution in [0.3, 0.4) is 0 Å². The molecule has 0 saturated heterocycles. The van der Waals surface area contributed by atoms with E-state index in [1.807, 2.05) is 0 Å². The van der Waals surface area contributed by atoms with E-state index in [0.717, 1.165) is 39.5 Å². The maximum Gasteiger partial charge on any atom is 0.162 e. The minimum atomic E-state index is -0.393. The first-order chi connectivity index (χ1) is 28.0. The minimum absolute atomic E-state index is 0.319. The third kappa shape index (κ3) is 3.82. The maximum absolute atomic E-state index is 5.71. The lowest BCUT2D eigenvalue weighted by molar-refractivity contribution is 0.650.